The Labute approximate surface area is 99.5 Å². The smallest absolute Gasteiger partial charge is 0.166 e. The van der Waals surface area contributed by atoms with Crippen molar-refractivity contribution in [1.82, 2.24) is 9.61 Å². The molecule has 0 unspecified atom stereocenters. The van der Waals surface area contributed by atoms with Gasteiger partial charge in [-0.2, -0.15) is 10.4 Å². The fraction of sp³-hybridized carbons (Fsp3) is 0.308. The molecule has 2 heterocycles. The number of nitriles is 1. The zero-order valence-corrected chi connectivity index (χ0v) is 9.68. The minimum Gasteiger partial charge on any atom is -0.294 e. The van der Waals surface area contributed by atoms with Crippen LogP contribution < -0.4 is 0 Å². The SMILES string of the molecule is CCC(=O)c1cnn2cc(CCC#N)ccc12. The Morgan fingerprint density at radius 3 is 3.06 bits per heavy atom. The predicted molar refractivity (Wildman–Crippen MR) is 63.7 cm³/mol. The molecule has 0 fully saturated rings. The molecule has 4 heteroatoms. The molecule has 0 saturated heterocycles. The molecule has 0 amide bonds. The fourth-order valence-electron chi connectivity index (χ4n) is 1.78. The van der Waals surface area contributed by atoms with Crippen molar-refractivity contribution in [1.29, 1.82) is 5.26 Å². The van der Waals surface area contributed by atoms with Crippen LogP contribution >= 0.6 is 0 Å². The molecule has 17 heavy (non-hydrogen) atoms. The topological polar surface area (TPSA) is 58.2 Å². The Kier molecular flexibility index (Phi) is 3.20. The number of nitrogens with zero attached hydrogens (tertiary/aromatic N) is 3. The van der Waals surface area contributed by atoms with Crippen LogP contribution in [0.15, 0.2) is 24.5 Å². The first kappa shape index (κ1) is 11.3. The number of hydrogen-bond donors (Lipinski definition) is 0. The van der Waals surface area contributed by atoms with Gasteiger partial charge in [0.15, 0.2) is 5.78 Å². The molecule has 0 aliphatic rings. The van der Waals surface area contributed by atoms with Crippen molar-refractivity contribution in [3.63, 3.8) is 0 Å². The van der Waals surface area contributed by atoms with Crippen LogP contribution in [0, 0.1) is 11.3 Å². The lowest BCUT2D eigenvalue weighted by atomic mass is 10.1. The maximum atomic E-state index is 11.6. The molecule has 0 radical (unpaired) electrons. The molecular formula is C13H13N3O. The van der Waals surface area contributed by atoms with Gasteiger partial charge in [0, 0.05) is 19.0 Å². The summed E-state index contributed by atoms with van der Waals surface area (Å²) < 4.78 is 1.70. The molecule has 2 aromatic rings. The van der Waals surface area contributed by atoms with Gasteiger partial charge in [-0.15, -0.1) is 0 Å². The number of ketones is 1. The third-order valence-corrected chi connectivity index (χ3v) is 2.72. The molecule has 0 spiro atoms. The molecule has 86 valence electrons. The van der Waals surface area contributed by atoms with Crippen molar-refractivity contribution in [2.24, 2.45) is 0 Å². The number of aromatic nitrogens is 2. The second-order valence-corrected chi connectivity index (χ2v) is 3.86. The monoisotopic (exact) mass is 227 g/mol. The van der Waals surface area contributed by atoms with E-state index in [4.69, 9.17) is 5.26 Å². The molecule has 0 aromatic carbocycles. The lowest BCUT2D eigenvalue weighted by molar-refractivity contribution is 0.0989. The highest BCUT2D eigenvalue weighted by Crippen LogP contribution is 2.14. The normalized spacial score (nSPS) is 10.4. The number of aryl methyl sites for hydroxylation is 1. The van der Waals surface area contributed by atoms with Gasteiger partial charge >= 0.3 is 0 Å². The number of pyridine rings is 1. The molecule has 0 aliphatic carbocycles. The number of fused-ring (bicyclic) bond motifs is 1. The number of carbonyl (C=O) groups excluding carboxylic acids is 1. The fourth-order valence-corrected chi connectivity index (χ4v) is 1.78. The predicted octanol–water partition coefficient (Wildman–Crippen LogP) is 2.38. The van der Waals surface area contributed by atoms with Gasteiger partial charge in [-0.3, -0.25) is 4.79 Å². The van der Waals surface area contributed by atoms with Gasteiger partial charge in [-0.1, -0.05) is 13.0 Å². The molecule has 0 bridgehead atoms. The first-order chi connectivity index (χ1) is 8.26. The molecule has 0 N–H and O–H groups in total. The van der Waals surface area contributed by atoms with Gasteiger partial charge in [0.05, 0.1) is 23.3 Å². The van der Waals surface area contributed by atoms with E-state index in [9.17, 15) is 4.79 Å². The Hall–Kier alpha value is -2.15. The molecule has 2 aromatic heterocycles. The van der Waals surface area contributed by atoms with Crippen LogP contribution in [0.2, 0.25) is 0 Å². The Balaban J connectivity index is 2.38. The van der Waals surface area contributed by atoms with E-state index in [0.717, 1.165) is 11.1 Å². The highest BCUT2D eigenvalue weighted by atomic mass is 16.1. The summed E-state index contributed by atoms with van der Waals surface area (Å²) in [6.07, 6.45) is 5.17. The minimum absolute atomic E-state index is 0.102. The standard InChI is InChI=1S/C13H13N3O/c1-2-13(17)11-8-15-16-9-10(4-3-7-14)5-6-12(11)16/h5-6,8-9H,2-4H2,1H3. The quantitative estimate of drug-likeness (QED) is 0.753. The average molecular weight is 227 g/mol. The highest BCUT2D eigenvalue weighted by molar-refractivity contribution is 6.01. The summed E-state index contributed by atoms with van der Waals surface area (Å²) in [7, 11) is 0. The first-order valence-corrected chi connectivity index (χ1v) is 5.62. The largest absolute Gasteiger partial charge is 0.294 e. The van der Waals surface area contributed by atoms with Crippen molar-refractivity contribution in [2.45, 2.75) is 26.2 Å². The number of Topliss-reactive ketones (excluding diaryl/α,β-unsaturated/α-hetero) is 1. The Bertz CT molecular complexity index is 592. The Morgan fingerprint density at radius 2 is 2.35 bits per heavy atom. The van der Waals surface area contributed by atoms with Gasteiger partial charge in [-0.05, 0) is 18.1 Å². The molecule has 0 aliphatic heterocycles. The van der Waals surface area contributed by atoms with Gasteiger partial charge in [-0.25, -0.2) is 4.52 Å². The van der Waals surface area contributed by atoms with Crippen LogP contribution in [-0.4, -0.2) is 15.4 Å². The van der Waals surface area contributed by atoms with E-state index in [0.29, 0.717) is 24.8 Å². The first-order valence-electron chi connectivity index (χ1n) is 5.62. The van der Waals surface area contributed by atoms with Crippen molar-refractivity contribution in [3.05, 3.63) is 35.7 Å². The average Bonchev–Trinajstić information content (AvgIpc) is 2.78. The second kappa shape index (κ2) is 4.79. The summed E-state index contributed by atoms with van der Waals surface area (Å²) in [5.41, 5.74) is 2.55. The van der Waals surface area contributed by atoms with Gasteiger partial charge in [0.1, 0.15) is 0 Å². The van der Waals surface area contributed by atoms with E-state index in [1.54, 1.807) is 10.7 Å². The van der Waals surface area contributed by atoms with Crippen LogP contribution in [0.3, 0.4) is 0 Å². The van der Waals surface area contributed by atoms with Crippen LogP contribution in [0.4, 0.5) is 0 Å². The molecule has 2 rings (SSSR count). The zero-order valence-electron chi connectivity index (χ0n) is 9.68. The maximum absolute atomic E-state index is 11.6. The second-order valence-electron chi connectivity index (χ2n) is 3.86. The van der Waals surface area contributed by atoms with Crippen molar-refractivity contribution < 1.29 is 4.79 Å². The van der Waals surface area contributed by atoms with E-state index >= 15 is 0 Å². The molecule has 0 saturated carbocycles. The van der Waals surface area contributed by atoms with E-state index in [2.05, 4.69) is 11.2 Å². The summed E-state index contributed by atoms with van der Waals surface area (Å²) in [5.74, 6) is 0.102. The van der Waals surface area contributed by atoms with Crippen LogP contribution in [-0.2, 0) is 6.42 Å². The molecule has 4 nitrogen and oxygen atoms in total. The minimum atomic E-state index is 0.102. The van der Waals surface area contributed by atoms with Crippen LogP contribution in [0.25, 0.3) is 5.52 Å². The number of carbonyl (C=O) groups is 1. The van der Waals surface area contributed by atoms with Crippen molar-refractivity contribution in [3.8, 4) is 6.07 Å². The summed E-state index contributed by atoms with van der Waals surface area (Å²) in [4.78, 5) is 11.6. The third kappa shape index (κ3) is 2.18. The number of rotatable bonds is 4. The maximum Gasteiger partial charge on any atom is 0.166 e. The van der Waals surface area contributed by atoms with E-state index in [1.165, 1.54) is 0 Å². The summed E-state index contributed by atoms with van der Waals surface area (Å²) in [5, 5.41) is 12.7. The van der Waals surface area contributed by atoms with Crippen LogP contribution in [0.5, 0.6) is 0 Å². The van der Waals surface area contributed by atoms with Crippen molar-refractivity contribution in [2.75, 3.05) is 0 Å². The summed E-state index contributed by atoms with van der Waals surface area (Å²) in [6.45, 7) is 1.84. The summed E-state index contributed by atoms with van der Waals surface area (Å²) in [6, 6.07) is 5.95. The van der Waals surface area contributed by atoms with E-state index < -0.39 is 0 Å². The lowest BCUT2D eigenvalue weighted by Crippen LogP contribution is -1.96. The van der Waals surface area contributed by atoms with Gasteiger partial charge < -0.3 is 0 Å². The lowest BCUT2D eigenvalue weighted by Gasteiger charge is -2.00. The number of hydrogen-bond acceptors (Lipinski definition) is 3. The van der Waals surface area contributed by atoms with Crippen LogP contribution in [0.1, 0.15) is 35.7 Å². The molecule has 0 atom stereocenters. The zero-order chi connectivity index (χ0) is 12.3. The van der Waals surface area contributed by atoms with Crippen molar-refractivity contribution >= 4 is 11.3 Å². The third-order valence-electron chi connectivity index (χ3n) is 2.72. The van der Waals surface area contributed by atoms with Gasteiger partial charge in [0.25, 0.3) is 0 Å². The van der Waals surface area contributed by atoms with E-state index in [-0.39, 0.29) is 5.78 Å². The van der Waals surface area contributed by atoms with E-state index in [1.807, 2.05) is 25.3 Å². The summed E-state index contributed by atoms with van der Waals surface area (Å²) >= 11 is 0. The molecular weight excluding hydrogens is 214 g/mol. The highest BCUT2D eigenvalue weighted by Gasteiger charge is 2.10. The Morgan fingerprint density at radius 1 is 1.53 bits per heavy atom. The van der Waals surface area contributed by atoms with Gasteiger partial charge in [0.2, 0.25) is 0 Å².